The van der Waals surface area contributed by atoms with Gasteiger partial charge in [0.25, 0.3) is 0 Å². The van der Waals surface area contributed by atoms with Crippen LogP contribution < -0.4 is 4.74 Å². The average Bonchev–Trinajstić information content (AvgIpc) is 2.83. The third-order valence-electron chi connectivity index (χ3n) is 3.69. The Labute approximate surface area is 113 Å². The Kier molecular flexibility index (Phi) is 3.51. The summed E-state index contributed by atoms with van der Waals surface area (Å²) in [6.45, 7) is 0.677. The van der Waals surface area contributed by atoms with Gasteiger partial charge >= 0.3 is 0 Å². The van der Waals surface area contributed by atoms with Gasteiger partial charge in [0.2, 0.25) is 0 Å². The van der Waals surface area contributed by atoms with Crippen LogP contribution in [0.3, 0.4) is 0 Å². The summed E-state index contributed by atoms with van der Waals surface area (Å²) in [7, 11) is 0. The molecule has 1 atom stereocenters. The molecule has 19 heavy (non-hydrogen) atoms. The summed E-state index contributed by atoms with van der Waals surface area (Å²) in [5.41, 5.74) is 3.51. The number of rotatable bonds is 4. The van der Waals surface area contributed by atoms with Gasteiger partial charge in [-0.25, -0.2) is 0 Å². The molecule has 2 aromatic rings. The molecule has 3 rings (SSSR count). The second-order valence-electron chi connectivity index (χ2n) is 4.96. The lowest BCUT2D eigenvalue weighted by Gasteiger charge is -2.11. The monoisotopic (exact) mass is 254 g/mol. The van der Waals surface area contributed by atoms with E-state index in [0.29, 0.717) is 6.61 Å². The first-order chi connectivity index (χ1) is 9.34. The SMILES string of the molecule is OC1CCc2c(OCCc3ccccc3)cccc21. The van der Waals surface area contributed by atoms with Gasteiger partial charge in [0.15, 0.2) is 0 Å². The van der Waals surface area contributed by atoms with Gasteiger partial charge in [-0.2, -0.15) is 0 Å². The third-order valence-corrected chi connectivity index (χ3v) is 3.69. The number of aliphatic hydroxyl groups is 1. The van der Waals surface area contributed by atoms with Gasteiger partial charge in [-0.1, -0.05) is 42.5 Å². The molecule has 2 nitrogen and oxygen atoms in total. The van der Waals surface area contributed by atoms with Crippen LogP contribution in [0.15, 0.2) is 48.5 Å². The number of fused-ring (bicyclic) bond motifs is 1. The summed E-state index contributed by atoms with van der Waals surface area (Å²) < 4.78 is 5.89. The molecule has 1 aliphatic carbocycles. The Morgan fingerprint density at radius 1 is 1.05 bits per heavy atom. The van der Waals surface area contributed by atoms with Gasteiger partial charge in [-0.05, 0) is 30.0 Å². The van der Waals surface area contributed by atoms with Crippen LogP contribution in [-0.4, -0.2) is 11.7 Å². The molecule has 1 aliphatic rings. The predicted molar refractivity (Wildman–Crippen MR) is 75.4 cm³/mol. The van der Waals surface area contributed by atoms with Crippen LogP contribution >= 0.6 is 0 Å². The van der Waals surface area contributed by atoms with E-state index in [9.17, 15) is 5.11 Å². The topological polar surface area (TPSA) is 29.5 Å². The first kappa shape index (κ1) is 12.2. The highest BCUT2D eigenvalue weighted by atomic mass is 16.5. The molecule has 0 fully saturated rings. The lowest BCUT2D eigenvalue weighted by Crippen LogP contribution is -2.03. The second kappa shape index (κ2) is 5.45. The van der Waals surface area contributed by atoms with Gasteiger partial charge in [0.05, 0.1) is 12.7 Å². The summed E-state index contributed by atoms with van der Waals surface area (Å²) in [6.07, 6.45) is 2.33. The zero-order valence-corrected chi connectivity index (χ0v) is 10.9. The highest BCUT2D eigenvalue weighted by molar-refractivity contribution is 5.44. The highest BCUT2D eigenvalue weighted by Crippen LogP contribution is 2.36. The molecular weight excluding hydrogens is 236 g/mol. The van der Waals surface area contributed by atoms with Gasteiger partial charge in [-0.3, -0.25) is 0 Å². The zero-order valence-electron chi connectivity index (χ0n) is 10.9. The molecule has 0 spiro atoms. The van der Waals surface area contributed by atoms with E-state index in [0.717, 1.165) is 30.6 Å². The average molecular weight is 254 g/mol. The molecule has 1 N–H and O–H groups in total. The van der Waals surface area contributed by atoms with Gasteiger partial charge in [-0.15, -0.1) is 0 Å². The summed E-state index contributed by atoms with van der Waals surface area (Å²) in [5, 5.41) is 9.85. The van der Waals surface area contributed by atoms with Crippen LogP contribution in [0.4, 0.5) is 0 Å². The molecule has 0 aliphatic heterocycles. The summed E-state index contributed by atoms with van der Waals surface area (Å²) in [6, 6.07) is 16.3. The van der Waals surface area contributed by atoms with E-state index in [4.69, 9.17) is 4.74 Å². The molecule has 0 aromatic heterocycles. The number of aliphatic hydroxyl groups excluding tert-OH is 1. The van der Waals surface area contributed by atoms with Gasteiger partial charge in [0.1, 0.15) is 5.75 Å². The number of benzene rings is 2. The minimum atomic E-state index is -0.312. The van der Waals surface area contributed by atoms with Crippen LogP contribution in [0.2, 0.25) is 0 Å². The first-order valence-corrected chi connectivity index (χ1v) is 6.81. The van der Waals surface area contributed by atoms with Crippen molar-refractivity contribution >= 4 is 0 Å². The predicted octanol–water partition coefficient (Wildman–Crippen LogP) is 3.29. The molecule has 0 saturated carbocycles. The maximum absolute atomic E-state index is 9.85. The normalized spacial score (nSPS) is 17.2. The van der Waals surface area contributed by atoms with Crippen molar-refractivity contribution in [3.63, 3.8) is 0 Å². The Bertz CT molecular complexity index is 548. The third kappa shape index (κ3) is 2.64. The highest BCUT2D eigenvalue weighted by Gasteiger charge is 2.22. The number of hydrogen-bond donors (Lipinski definition) is 1. The first-order valence-electron chi connectivity index (χ1n) is 6.81. The van der Waals surface area contributed by atoms with Crippen LogP contribution in [0, 0.1) is 0 Å². The van der Waals surface area contributed by atoms with E-state index >= 15 is 0 Å². The van der Waals surface area contributed by atoms with E-state index in [2.05, 4.69) is 12.1 Å². The zero-order chi connectivity index (χ0) is 13.1. The Morgan fingerprint density at radius 2 is 1.89 bits per heavy atom. The van der Waals surface area contributed by atoms with E-state index in [1.165, 1.54) is 11.1 Å². The quantitative estimate of drug-likeness (QED) is 0.907. The molecule has 1 unspecified atom stereocenters. The van der Waals surface area contributed by atoms with Crippen molar-refractivity contribution in [2.24, 2.45) is 0 Å². The van der Waals surface area contributed by atoms with Crippen molar-refractivity contribution in [3.8, 4) is 5.75 Å². The van der Waals surface area contributed by atoms with Crippen LogP contribution in [-0.2, 0) is 12.8 Å². The van der Waals surface area contributed by atoms with Crippen molar-refractivity contribution in [3.05, 3.63) is 65.2 Å². The Balaban J connectivity index is 1.65. The number of ether oxygens (including phenoxy) is 1. The summed E-state index contributed by atoms with van der Waals surface area (Å²) >= 11 is 0. The Hall–Kier alpha value is -1.80. The van der Waals surface area contributed by atoms with Gasteiger partial charge < -0.3 is 9.84 Å². The standard InChI is InChI=1S/C17H18O2/c18-16-10-9-15-14(16)7-4-8-17(15)19-12-11-13-5-2-1-3-6-13/h1-8,16,18H,9-12H2. The molecule has 0 amide bonds. The number of hydrogen-bond acceptors (Lipinski definition) is 2. The smallest absolute Gasteiger partial charge is 0.122 e. The van der Waals surface area contributed by atoms with Crippen molar-refractivity contribution in [2.75, 3.05) is 6.61 Å². The molecule has 2 heteroatoms. The largest absolute Gasteiger partial charge is 0.493 e. The molecule has 0 saturated heterocycles. The van der Waals surface area contributed by atoms with Crippen molar-refractivity contribution < 1.29 is 9.84 Å². The van der Waals surface area contributed by atoms with Crippen LogP contribution in [0.25, 0.3) is 0 Å². The van der Waals surface area contributed by atoms with E-state index in [-0.39, 0.29) is 6.10 Å². The molecule has 98 valence electrons. The fraction of sp³-hybridized carbons (Fsp3) is 0.294. The maximum atomic E-state index is 9.85. The van der Waals surface area contributed by atoms with E-state index in [1.807, 2.05) is 36.4 Å². The second-order valence-corrected chi connectivity index (χ2v) is 4.96. The van der Waals surface area contributed by atoms with Crippen molar-refractivity contribution in [1.82, 2.24) is 0 Å². The van der Waals surface area contributed by atoms with Crippen LogP contribution in [0.1, 0.15) is 29.2 Å². The Morgan fingerprint density at radius 3 is 2.74 bits per heavy atom. The fourth-order valence-electron chi connectivity index (χ4n) is 2.66. The molecule has 0 radical (unpaired) electrons. The maximum Gasteiger partial charge on any atom is 0.122 e. The van der Waals surface area contributed by atoms with Crippen LogP contribution in [0.5, 0.6) is 5.75 Å². The van der Waals surface area contributed by atoms with Crippen molar-refractivity contribution in [1.29, 1.82) is 0 Å². The molecule has 2 aromatic carbocycles. The lowest BCUT2D eigenvalue weighted by molar-refractivity contribution is 0.180. The molecular formula is C17H18O2. The minimum absolute atomic E-state index is 0.312. The summed E-state index contributed by atoms with van der Waals surface area (Å²) in [4.78, 5) is 0. The minimum Gasteiger partial charge on any atom is -0.493 e. The summed E-state index contributed by atoms with van der Waals surface area (Å²) in [5.74, 6) is 0.935. The molecule has 0 bridgehead atoms. The lowest BCUT2D eigenvalue weighted by atomic mass is 10.1. The molecule has 0 heterocycles. The fourth-order valence-corrected chi connectivity index (χ4v) is 2.66. The van der Waals surface area contributed by atoms with Crippen molar-refractivity contribution in [2.45, 2.75) is 25.4 Å². The van der Waals surface area contributed by atoms with Gasteiger partial charge in [0, 0.05) is 12.0 Å². The van der Waals surface area contributed by atoms with E-state index in [1.54, 1.807) is 0 Å². The van der Waals surface area contributed by atoms with E-state index < -0.39 is 0 Å².